The number of hydrogen-bond donors (Lipinski definition) is 1. The summed E-state index contributed by atoms with van der Waals surface area (Å²) in [6.07, 6.45) is 3.48. The Labute approximate surface area is 194 Å². The summed E-state index contributed by atoms with van der Waals surface area (Å²) in [5.74, 6) is -1.41. The van der Waals surface area contributed by atoms with Crippen LogP contribution < -0.4 is 0 Å². The van der Waals surface area contributed by atoms with E-state index < -0.39 is 17.2 Å². The van der Waals surface area contributed by atoms with Crippen LogP contribution in [0.1, 0.15) is 12.0 Å². The Kier molecular flexibility index (Phi) is 7.37. The number of nitrogens with zero attached hydrogens (tertiary/aromatic N) is 6. The molecule has 4 rings (SSSR count). The van der Waals surface area contributed by atoms with Crippen molar-refractivity contribution >= 4 is 22.9 Å². The molecule has 0 spiro atoms. The summed E-state index contributed by atoms with van der Waals surface area (Å²) in [6.45, 7) is 4.09. The number of β-amino-alcohol motifs (C(OH)–C–C–N with tert-alkyl or cyclic N) is 1. The van der Waals surface area contributed by atoms with Crippen LogP contribution in [0.4, 0.5) is 13.6 Å². The maximum absolute atomic E-state index is 14.6. The number of benzene rings is 1. The van der Waals surface area contributed by atoms with Crippen LogP contribution in [0, 0.1) is 11.6 Å². The fourth-order valence-corrected chi connectivity index (χ4v) is 5.01. The molecule has 1 aromatic carbocycles. The number of piperazine rings is 1. The Balaban J connectivity index is 1.34. The average Bonchev–Trinajstić information content (AvgIpc) is 3.39. The van der Waals surface area contributed by atoms with E-state index in [2.05, 4.69) is 15.0 Å². The first kappa shape index (κ1) is 23.7. The topological polar surface area (TPSA) is 94.8 Å². The number of aromatic nitrogens is 3. The highest BCUT2D eigenvalue weighted by atomic mass is 32.2. The van der Waals surface area contributed by atoms with Crippen LogP contribution in [0.25, 0.3) is 0 Å². The van der Waals surface area contributed by atoms with Crippen molar-refractivity contribution in [3.63, 3.8) is 0 Å². The molecule has 2 saturated heterocycles. The normalized spacial score (nSPS) is 19.9. The van der Waals surface area contributed by atoms with Gasteiger partial charge in [-0.2, -0.15) is 5.10 Å². The van der Waals surface area contributed by atoms with Crippen molar-refractivity contribution in [2.45, 2.75) is 18.6 Å². The van der Waals surface area contributed by atoms with Crippen LogP contribution in [-0.2, 0) is 16.9 Å². The molecule has 33 heavy (non-hydrogen) atoms. The summed E-state index contributed by atoms with van der Waals surface area (Å²) in [6, 6.07) is 3.18. The first-order chi connectivity index (χ1) is 15.8. The highest BCUT2D eigenvalue weighted by molar-refractivity contribution is 8.14. The van der Waals surface area contributed by atoms with E-state index in [1.54, 1.807) is 0 Å². The molecule has 9 nitrogen and oxygen atoms in total. The van der Waals surface area contributed by atoms with Gasteiger partial charge in [0.25, 0.3) is 5.24 Å². The average molecular weight is 481 g/mol. The number of rotatable bonds is 9. The van der Waals surface area contributed by atoms with Crippen molar-refractivity contribution in [2.24, 2.45) is 0 Å². The van der Waals surface area contributed by atoms with E-state index in [1.807, 2.05) is 4.90 Å². The number of amides is 2. The van der Waals surface area contributed by atoms with Gasteiger partial charge >= 0.3 is 0 Å². The van der Waals surface area contributed by atoms with Gasteiger partial charge in [0.1, 0.15) is 29.9 Å². The van der Waals surface area contributed by atoms with Crippen LogP contribution in [0.5, 0.6) is 0 Å². The molecule has 2 amide bonds. The van der Waals surface area contributed by atoms with Crippen molar-refractivity contribution in [1.82, 2.24) is 29.5 Å². The van der Waals surface area contributed by atoms with Crippen molar-refractivity contribution in [3.8, 4) is 0 Å². The van der Waals surface area contributed by atoms with Gasteiger partial charge in [0.05, 0.1) is 12.3 Å². The lowest BCUT2D eigenvalue weighted by Gasteiger charge is -2.39. The molecule has 2 fully saturated rings. The molecule has 3 heterocycles. The fourth-order valence-electron chi connectivity index (χ4n) is 4.26. The summed E-state index contributed by atoms with van der Waals surface area (Å²) in [4.78, 5) is 32.9. The van der Waals surface area contributed by atoms with Crippen molar-refractivity contribution in [3.05, 3.63) is 48.1 Å². The number of hydrogen-bond acceptors (Lipinski definition) is 8. The van der Waals surface area contributed by atoms with Crippen molar-refractivity contribution in [2.75, 3.05) is 51.6 Å². The Morgan fingerprint density at radius 1 is 1.06 bits per heavy atom. The lowest BCUT2D eigenvalue weighted by atomic mass is 9.92. The molecule has 1 atom stereocenters. The van der Waals surface area contributed by atoms with Gasteiger partial charge in [0.15, 0.2) is 0 Å². The number of imide groups is 1. The molecule has 2 aliphatic rings. The highest BCUT2D eigenvalue weighted by Crippen LogP contribution is 2.28. The zero-order valence-corrected chi connectivity index (χ0v) is 18.9. The van der Waals surface area contributed by atoms with E-state index in [4.69, 9.17) is 0 Å². The third kappa shape index (κ3) is 5.75. The summed E-state index contributed by atoms with van der Waals surface area (Å²) in [7, 11) is 0. The minimum atomic E-state index is -1.62. The first-order valence-corrected chi connectivity index (χ1v) is 11.7. The second kappa shape index (κ2) is 10.2. The Morgan fingerprint density at radius 3 is 2.45 bits per heavy atom. The first-order valence-electron chi connectivity index (χ1n) is 10.8. The van der Waals surface area contributed by atoms with Gasteiger partial charge in [0, 0.05) is 50.9 Å². The van der Waals surface area contributed by atoms with Gasteiger partial charge in [-0.05, 0) is 19.0 Å². The van der Waals surface area contributed by atoms with Crippen LogP contribution in [0.15, 0.2) is 30.9 Å². The molecule has 0 aliphatic carbocycles. The van der Waals surface area contributed by atoms with Gasteiger partial charge < -0.3 is 10.0 Å². The largest absolute Gasteiger partial charge is 0.382 e. The van der Waals surface area contributed by atoms with E-state index >= 15 is 0 Å². The third-order valence-electron chi connectivity index (χ3n) is 5.97. The van der Waals surface area contributed by atoms with E-state index in [-0.39, 0.29) is 35.6 Å². The Bertz CT molecular complexity index is 970. The zero-order chi connectivity index (χ0) is 23.4. The lowest BCUT2D eigenvalue weighted by Crippen LogP contribution is -2.52. The molecule has 2 aromatic rings. The van der Waals surface area contributed by atoms with E-state index in [9.17, 15) is 23.5 Å². The fraction of sp³-hybridized carbons (Fsp3) is 0.524. The molecule has 2 aliphatic heterocycles. The van der Waals surface area contributed by atoms with E-state index in [1.165, 1.54) is 28.3 Å². The predicted octanol–water partition coefficient (Wildman–Crippen LogP) is 1.15. The molecule has 1 aromatic heterocycles. The van der Waals surface area contributed by atoms with Crippen molar-refractivity contribution < 1.29 is 23.5 Å². The standard InChI is InChI=1S/C21H26F2N6O3S/c22-16-2-3-17(18(23)10-16)21(32,13-28-15-24-14-25-28)12-27-8-6-26(7-9-27)4-1-5-29-19(30)11-33-20(29)31/h2-3,10,14-15,32H,1,4-9,11-13H2. The van der Waals surface area contributed by atoms with Gasteiger partial charge in [-0.25, -0.2) is 18.4 Å². The lowest BCUT2D eigenvalue weighted by molar-refractivity contribution is -0.124. The second-order valence-electron chi connectivity index (χ2n) is 8.32. The molecule has 0 bridgehead atoms. The molecular formula is C21H26F2N6O3S. The van der Waals surface area contributed by atoms with Crippen LogP contribution in [0.2, 0.25) is 0 Å². The smallest absolute Gasteiger partial charge is 0.288 e. The number of halogens is 2. The van der Waals surface area contributed by atoms with Crippen LogP contribution >= 0.6 is 11.8 Å². The van der Waals surface area contributed by atoms with E-state index in [0.717, 1.165) is 43.5 Å². The highest BCUT2D eigenvalue weighted by Gasteiger charge is 2.36. The summed E-state index contributed by atoms with van der Waals surface area (Å²) >= 11 is 1.04. The molecule has 0 saturated carbocycles. The summed E-state index contributed by atoms with van der Waals surface area (Å²) in [5, 5.41) is 15.3. The summed E-state index contributed by atoms with van der Waals surface area (Å²) < 4.78 is 29.5. The monoisotopic (exact) mass is 480 g/mol. The minimum Gasteiger partial charge on any atom is -0.382 e. The van der Waals surface area contributed by atoms with Crippen LogP contribution in [-0.4, -0.2) is 97.3 Å². The number of carbonyl (C=O) groups excluding carboxylic acids is 2. The molecule has 178 valence electrons. The molecule has 0 radical (unpaired) electrons. The third-order valence-corrected chi connectivity index (χ3v) is 6.83. The second-order valence-corrected chi connectivity index (χ2v) is 9.25. The van der Waals surface area contributed by atoms with Crippen molar-refractivity contribution in [1.29, 1.82) is 0 Å². The maximum atomic E-state index is 14.6. The minimum absolute atomic E-state index is 0.0136. The summed E-state index contributed by atoms with van der Waals surface area (Å²) in [5.41, 5.74) is -1.61. The molecule has 12 heteroatoms. The van der Waals surface area contributed by atoms with Gasteiger partial charge in [-0.1, -0.05) is 17.8 Å². The van der Waals surface area contributed by atoms with E-state index in [0.29, 0.717) is 26.1 Å². The SMILES string of the molecule is O=C1CSC(=O)N1CCCN1CCN(CC(O)(Cn2cncn2)c2ccc(F)cc2F)CC1. The molecular weight excluding hydrogens is 454 g/mol. The predicted molar refractivity (Wildman–Crippen MR) is 117 cm³/mol. The van der Waals surface area contributed by atoms with Gasteiger partial charge in [-0.15, -0.1) is 0 Å². The number of carbonyl (C=O) groups is 2. The molecule has 1 N–H and O–H groups in total. The quantitative estimate of drug-likeness (QED) is 0.571. The number of aliphatic hydroxyl groups is 1. The molecule has 1 unspecified atom stereocenters. The number of thioether (sulfide) groups is 1. The Hall–Kier alpha value is -2.41. The van der Waals surface area contributed by atoms with Gasteiger partial charge in [0.2, 0.25) is 5.91 Å². The van der Waals surface area contributed by atoms with Gasteiger partial charge in [-0.3, -0.25) is 19.4 Å². The Morgan fingerprint density at radius 2 is 1.82 bits per heavy atom. The maximum Gasteiger partial charge on any atom is 0.288 e. The van der Waals surface area contributed by atoms with Crippen LogP contribution in [0.3, 0.4) is 0 Å². The zero-order valence-electron chi connectivity index (χ0n) is 18.1.